The molecular formula is C45H52ClN5O5S. The number of amides is 1. The molecule has 7 rings (SSSR count). The first-order chi connectivity index (χ1) is 27.4. The summed E-state index contributed by atoms with van der Waals surface area (Å²) in [4.78, 5) is 21.9. The van der Waals surface area contributed by atoms with Gasteiger partial charge in [-0.25, -0.2) is 13.1 Å². The summed E-state index contributed by atoms with van der Waals surface area (Å²) >= 11 is 6.24. The number of anilines is 2. The Morgan fingerprint density at radius 1 is 0.947 bits per heavy atom. The van der Waals surface area contributed by atoms with Crippen LogP contribution in [-0.2, 0) is 14.8 Å². The molecule has 5 aromatic rings. The third-order valence-electron chi connectivity index (χ3n) is 11.1. The predicted octanol–water partition coefficient (Wildman–Crippen LogP) is 9.28. The minimum absolute atomic E-state index is 0.00125. The van der Waals surface area contributed by atoms with Crippen LogP contribution in [0, 0.1) is 12.3 Å². The van der Waals surface area contributed by atoms with Crippen molar-refractivity contribution >= 4 is 55.4 Å². The van der Waals surface area contributed by atoms with E-state index in [1.165, 1.54) is 29.2 Å². The van der Waals surface area contributed by atoms with E-state index in [0.717, 1.165) is 84.9 Å². The van der Waals surface area contributed by atoms with E-state index in [4.69, 9.17) is 21.1 Å². The molecule has 1 aromatic heterocycles. The lowest BCUT2D eigenvalue weighted by molar-refractivity contribution is 0.0979. The van der Waals surface area contributed by atoms with Gasteiger partial charge in [0.25, 0.3) is 15.9 Å². The number of ether oxygens (including phenoxy) is 2. The standard InChI is InChI=1S/C45H52ClN5O5S/c1-31-26-38(12-15-41(31)47-19-5-25-55-4)57(53,54)49-44(52)39-13-10-36(28-43(39)56-37-11-14-42-33(27-37)17-20-48-42)51-23-21-50(22-24-51)30-34-16-18-45(2,3)29-40(34)32-6-8-35(46)9-7-32/h6-15,17,20,26-28,47-48H,5,16,18-19,21-25,29-30H2,1-4H3,(H,49,52). The van der Waals surface area contributed by atoms with Gasteiger partial charge in [0.15, 0.2) is 0 Å². The normalized spacial score (nSPS) is 16.2. The molecule has 0 atom stereocenters. The van der Waals surface area contributed by atoms with Gasteiger partial charge in [-0.05, 0) is 121 Å². The SMILES string of the molecule is COCCCNc1ccc(S(=O)(=O)NC(=O)c2ccc(N3CCN(CC4=C(c5ccc(Cl)cc5)CC(C)(C)CC4)CC3)cc2Oc2ccc3[nH]ccc3c2)cc1C. The molecule has 1 saturated heterocycles. The fourth-order valence-electron chi connectivity index (χ4n) is 7.78. The molecule has 1 amide bonds. The number of sulfonamides is 1. The molecule has 12 heteroatoms. The number of benzene rings is 4. The number of aryl methyl sites for hydroxylation is 1. The summed E-state index contributed by atoms with van der Waals surface area (Å²) in [5.74, 6) is 0.0291. The predicted molar refractivity (Wildman–Crippen MR) is 230 cm³/mol. The van der Waals surface area contributed by atoms with Crippen LogP contribution >= 0.6 is 11.6 Å². The van der Waals surface area contributed by atoms with E-state index < -0.39 is 15.9 Å². The van der Waals surface area contributed by atoms with Crippen LogP contribution in [0.3, 0.4) is 0 Å². The summed E-state index contributed by atoms with van der Waals surface area (Å²) in [6, 6.07) is 26.0. The number of nitrogens with zero attached hydrogens (tertiary/aromatic N) is 2. The summed E-state index contributed by atoms with van der Waals surface area (Å²) in [5.41, 5.74) is 8.00. The summed E-state index contributed by atoms with van der Waals surface area (Å²) in [6.07, 6.45) is 5.96. The molecule has 4 aromatic carbocycles. The van der Waals surface area contributed by atoms with Crippen LogP contribution in [0.4, 0.5) is 11.4 Å². The second-order valence-electron chi connectivity index (χ2n) is 15.9. The number of aromatic amines is 1. The molecule has 0 bridgehead atoms. The van der Waals surface area contributed by atoms with Crippen molar-refractivity contribution in [3.8, 4) is 11.5 Å². The van der Waals surface area contributed by atoms with Gasteiger partial charge < -0.3 is 24.7 Å². The van der Waals surface area contributed by atoms with Gasteiger partial charge in [0.05, 0.1) is 10.5 Å². The molecule has 0 spiro atoms. The third-order valence-corrected chi connectivity index (χ3v) is 12.6. The van der Waals surface area contributed by atoms with Crippen molar-refractivity contribution in [2.24, 2.45) is 5.41 Å². The Labute approximate surface area is 341 Å². The van der Waals surface area contributed by atoms with Crippen molar-refractivity contribution in [2.75, 3.05) is 63.2 Å². The molecule has 0 unspecified atom stereocenters. The van der Waals surface area contributed by atoms with Crippen LogP contribution in [0.1, 0.15) is 61.0 Å². The fraction of sp³-hybridized carbons (Fsp3) is 0.356. The van der Waals surface area contributed by atoms with Gasteiger partial charge in [-0.2, -0.15) is 0 Å². The molecule has 0 saturated carbocycles. The zero-order chi connectivity index (χ0) is 40.2. The van der Waals surface area contributed by atoms with Gasteiger partial charge in [0.2, 0.25) is 0 Å². The molecule has 2 aliphatic rings. The number of fused-ring (bicyclic) bond motifs is 1. The molecule has 1 aliphatic heterocycles. The number of H-pyrrole nitrogens is 1. The first-order valence-corrected chi connectivity index (χ1v) is 21.5. The average molecular weight is 810 g/mol. The van der Waals surface area contributed by atoms with Gasteiger partial charge >= 0.3 is 0 Å². The number of carbonyl (C=O) groups is 1. The maximum absolute atomic E-state index is 13.8. The van der Waals surface area contributed by atoms with Crippen LogP contribution in [0.5, 0.6) is 11.5 Å². The van der Waals surface area contributed by atoms with Crippen molar-refractivity contribution in [1.82, 2.24) is 14.6 Å². The van der Waals surface area contributed by atoms with E-state index in [2.05, 4.69) is 50.8 Å². The maximum atomic E-state index is 13.8. The van der Waals surface area contributed by atoms with E-state index in [-0.39, 0.29) is 21.6 Å². The van der Waals surface area contributed by atoms with Gasteiger partial charge in [-0.15, -0.1) is 0 Å². The van der Waals surface area contributed by atoms with Crippen LogP contribution in [-0.4, -0.2) is 77.2 Å². The number of nitrogens with one attached hydrogen (secondary N) is 3. The largest absolute Gasteiger partial charge is 0.456 e. The monoisotopic (exact) mass is 809 g/mol. The summed E-state index contributed by atoms with van der Waals surface area (Å²) in [6.45, 7) is 12.1. The second-order valence-corrected chi connectivity index (χ2v) is 18.0. The van der Waals surface area contributed by atoms with Gasteiger partial charge in [-0.3, -0.25) is 9.69 Å². The Morgan fingerprint density at radius 2 is 1.74 bits per heavy atom. The molecule has 1 aliphatic carbocycles. The van der Waals surface area contributed by atoms with Crippen molar-refractivity contribution in [3.05, 3.63) is 118 Å². The Morgan fingerprint density at radius 3 is 2.49 bits per heavy atom. The lowest BCUT2D eigenvalue weighted by Gasteiger charge is -2.39. The maximum Gasteiger partial charge on any atom is 0.268 e. The highest BCUT2D eigenvalue weighted by molar-refractivity contribution is 7.90. The van der Waals surface area contributed by atoms with E-state index in [1.54, 1.807) is 25.3 Å². The van der Waals surface area contributed by atoms with E-state index in [1.807, 2.05) is 61.7 Å². The lowest BCUT2D eigenvalue weighted by Crippen LogP contribution is -2.47. The fourth-order valence-corrected chi connectivity index (χ4v) is 8.95. The number of rotatable bonds is 14. The molecular weight excluding hydrogens is 758 g/mol. The van der Waals surface area contributed by atoms with Crippen LogP contribution in [0.25, 0.3) is 16.5 Å². The second kappa shape index (κ2) is 17.4. The molecule has 0 radical (unpaired) electrons. The Kier molecular flexibility index (Phi) is 12.3. The van der Waals surface area contributed by atoms with Crippen molar-refractivity contribution < 1.29 is 22.7 Å². The van der Waals surface area contributed by atoms with E-state index in [0.29, 0.717) is 18.9 Å². The van der Waals surface area contributed by atoms with Crippen molar-refractivity contribution in [3.63, 3.8) is 0 Å². The zero-order valence-electron chi connectivity index (χ0n) is 33.2. The number of halogens is 1. The Hall–Kier alpha value is -4.81. The number of aromatic nitrogens is 1. The number of allylic oxidation sites excluding steroid dienone is 1. The van der Waals surface area contributed by atoms with Gasteiger partial charge in [-0.1, -0.05) is 43.2 Å². The third kappa shape index (κ3) is 9.84. The highest BCUT2D eigenvalue weighted by Crippen LogP contribution is 2.43. The minimum atomic E-state index is -4.20. The highest BCUT2D eigenvalue weighted by atomic mass is 35.5. The molecule has 3 N–H and O–H groups in total. The molecule has 10 nitrogen and oxygen atoms in total. The van der Waals surface area contributed by atoms with Gasteiger partial charge in [0.1, 0.15) is 11.5 Å². The molecule has 57 heavy (non-hydrogen) atoms. The van der Waals surface area contributed by atoms with E-state index in [9.17, 15) is 13.2 Å². The van der Waals surface area contributed by atoms with Crippen LogP contribution < -0.4 is 19.7 Å². The van der Waals surface area contributed by atoms with Crippen LogP contribution in [0.2, 0.25) is 5.02 Å². The number of piperazine rings is 1. The highest BCUT2D eigenvalue weighted by Gasteiger charge is 2.30. The molecule has 1 fully saturated rings. The zero-order valence-corrected chi connectivity index (χ0v) is 34.7. The summed E-state index contributed by atoms with van der Waals surface area (Å²) in [5, 5.41) is 5.01. The summed E-state index contributed by atoms with van der Waals surface area (Å²) in [7, 11) is -2.54. The van der Waals surface area contributed by atoms with E-state index >= 15 is 0 Å². The Bertz CT molecular complexity index is 2370. The topological polar surface area (TPSA) is 116 Å². The average Bonchev–Trinajstić information content (AvgIpc) is 3.66. The van der Waals surface area contributed by atoms with Crippen molar-refractivity contribution in [1.29, 1.82) is 0 Å². The first-order valence-electron chi connectivity index (χ1n) is 19.6. The van der Waals surface area contributed by atoms with Crippen molar-refractivity contribution in [2.45, 2.75) is 51.3 Å². The van der Waals surface area contributed by atoms with Crippen LogP contribution in [0.15, 0.2) is 102 Å². The number of carbonyl (C=O) groups excluding carboxylic acids is 1. The summed E-state index contributed by atoms with van der Waals surface area (Å²) < 4.78 is 40.9. The first kappa shape index (κ1) is 40.4. The minimum Gasteiger partial charge on any atom is -0.456 e. The quantitative estimate of drug-likeness (QED) is 0.0952. The number of hydrogen-bond donors (Lipinski definition) is 3. The Balaban J connectivity index is 1.09. The lowest BCUT2D eigenvalue weighted by atomic mass is 9.72. The number of methoxy groups -OCH3 is 1. The molecule has 2 heterocycles. The smallest absolute Gasteiger partial charge is 0.268 e. The number of hydrogen-bond acceptors (Lipinski definition) is 8. The van der Waals surface area contributed by atoms with Gasteiger partial charge in [0, 0.05) is 92.5 Å². The molecule has 300 valence electrons.